The predicted molar refractivity (Wildman–Crippen MR) is 185 cm³/mol. The number of nitrogens with one attached hydrogen (secondary N) is 2. The van der Waals surface area contributed by atoms with Gasteiger partial charge in [0.1, 0.15) is 5.75 Å². The minimum atomic E-state index is -0.448. The smallest absolute Gasteiger partial charge is 0.319 e. The van der Waals surface area contributed by atoms with E-state index in [1.807, 2.05) is 26.0 Å². The number of carbonyl (C=O) groups is 2. The molecule has 0 unspecified atom stereocenters. The average Bonchev–Trinajstić information content (AvgIpc) is 3.54. The Bertz CT molecular complexity index is 1370. The topological polar surface area (TPSA) is 122 Å². The van der Waals surface area contributed by atoms with Gasteiger partial charge in [-0.25, -0.2) is 4.79 Å². The second-order valence-corrected chi connectivity index (χ2v) is 13.8. The summed E-state index contributed by atoms with van der Waals surface area (Å²) in [4.78, 5) is 31.2. The van der Waals surface area contributed by atoms with Crippen LogP contribution < -0.4 is 24.8 Å². The van der Waals surface area contributed by atoms with Crippen molar-refractivity contribution in [3.63, 3.8) is 0 Å². The largest absolute Gasteiger partial charge is 0.490 e. The first-order valence-corrected chi connectivity index (χ1v) is 17.7. The van der Waals surface area contributed by atoms with Crippen molar-refractivity contribution in [1.82, 2.24) is 15.1 Å². The van der Waals surface area contributed by atoms with Crippen LogP contribution in [0.25, 0.3) is 0 Å². The number of ether oxygens (including phenoxy) is 4. The highest BCUT2D eigenvalue weighted by Crippen LogP contribution is 2.33. The summed E-state index contributed by atoms with van der Waals surface area (Å²) in [5.41, 5.74) is 1.99. The Balaban J connectivity index is 1.34. The minimum Gasteiger partial charge on any atom is -0.490 e. The first kappa shape index (κ1) is 35.8. The molecule has 1 saturated carbocycles. The van der Waals surface area contributed by atoms with Gasteiger partial charge in [0.05, 0.1) is 30.4 Å². The lowest BCUT2D eigenvalue weighted by Crippen LogP contribution is -2.47. The van der Waals surface area contributed by atoms with Gasteiger partial charge < -0.3 is 39.6 Å². The van der Waals surface area contributed by atoms with E-state index in [0.29, 0.717) is 43.2 Å². The highest BCUT2D eigenvalue weighted by molar-refractivity contribution is 5.99. The molecular weight excluding hydrogens is 612 g/mol. The molecule has 0 bridgehead atoms. The third kappa shape index (κ3) is 9.76. The summed E-state index contributed by atoms with van der Waals surface area (Å²) < 4.78 is 23.9. The van der Waals surface area contributed by atoms with Crippen LogP contribution >= 0.6 is 0 Å². The van der Waals surface area contributed by atoms with Crippen LogP contribution in [0.5, 0.6) is 17.2 Å². The predicted octanol–water partition coefficient (Wildman–Crippen LogP) is 5.80. The number of benzene rings is 2. The quantitative estimate of drug-likeness (QED) is 0.324. The van der Waals surface area contributed by atoms with E-state index in [0.717, 1.165) is 62.0 Å². The van der Waals surface area contributed by atoms with E-state index in [1.165, 1.54) is 6.42 Å². The van der Waals surface area contributed by atoms with Crippen molar-refractivity contribution in [2.24, 2.45) is 5.92 Å². The Hall–Kier alpha value is -3.54. The fraction of sp³-hybridized carbons (Fsp3) is 0.622. The van der Waals surface area contributed by atoms with Crippen molar-refractivity contribution in [2.45, 2.75) is 103 Å². The molecule has 11 nitrogen and oxygen atoms in total. The number of likely N-dealkylation sites (N-methyl/N-ethyl adjacent to an activating group) is 1. The van der Waals surface area contributed by atoms with Gasteiger partial charge in [-0.1, -0.05) is 32.3 Å². The highest BCUT2D eigenvalue weighted by atomic mass is 16.7. The van der Waals surface area contributed by atoms with Crippen molar-refractivity contribution in [2.75, 3.05) is 45.5 Å². The molecule has 3 amide bonds. The summed E-state index contributed by atoms with van der Waals surface area (Å²) in [6.07, 6.45) is 7.74. The zero-order chi connectivity index (χ0) is 34.0. The summed E-state index contributed by atoms with van der Waals surface area (Å²) in [5.74, 6) is 1.70. The van der Waals surface area contributed by atoms with Crippen molar-refractivity contribution in [3.05, 3.63) is 47.5 Å². The monoisotopic (exact) mass is 666 g/mol. The van der Waals surface area contributed by atoms with Crippen LogP contribution in [0.1, 0.15) is 88.1 Å². The fourth-order valence-corrected chi connectivity index (χ4v) is 6.79. The van der Waals surface area contributed by atoms with Gasteiger partial charge in [0.25, 0.3) is 5.91 Å². The molecule has 1 aliphatic carbocycles. The van der Waals surface area contributed by atoms with E-state index in [-0.39, 0.29) is 49.5 Å². The molecule has 3 N–H and O–H groups in total. The fourth-order valence-electron chi connectivity index (χ4n) is 6.79. The number of carbonyl (C=O) groups excluding carboxylic acids is 2. The van der Waals surface area contributed by atoms with E-state index in [2.05, 4.69) is 35.6 Å². The first-order chi connectivity index (χ1) is 23.2. The van der Waals surface area contributed by atoms with Gasteiger partial charge in [0, 0.05) is 43.9 Å². The summed E-state index contributed by atoms with van der Waals surface area (Å²) in [7, 11) is 2.07. The molecule has 0 saturated heterocycles. The molecule has 2 aromatic carbocycles. The summed E-state index contributed by atoms with van der Waals surface area (Å²) in [5, 5.41) is 16.3. The number of nitrogens with zero attached hydrogens (tertiary/aromatic N) is 2. The lowest BCUT2D eigenvalue weighted by molar-refractivity contribution is -0.0177. The Morgan fingerprint density at radius 1 is 1.00 bits per heavy atom. The third-order valence-electron chi connectivity index (χ3n) is 9.63. The molecule has 4 atom stereocenters. The summed E-state index contributed by atoms with van der Waals surface area (Å²) >= 11 is 0. The number of hydrogen-bond donors (Lipinski definition) is 3. The second-order valence-electron chi connectivity index (χ2n) is 13.8. The van der Waals surface area contributed by atoms with Crippen molar-refractivity contribution >= 4 is 17.6 Å². The van der Waals surface area contributed by atoms with Crippen LogP contribution in [0, 0.1) is 5.92 Å². The number of amides is 3. The Kier molecular flexibility index (Phi) is 12.8. The molecule has 0 aromatic heterocycles. The van der Waals surface area contributed by atoms with Crippen molar-refractivity contribution in [1.29, 1.82) is 0 Å². The van der Waals surface area contributed by atoms with Gasteiger partial charge in [-0.3, -0.25) is 9.69 Å². The van der Waals surface area contributed by atoms with E-state index < -0.39 is 6.04 Å². The van der Waals surface area contributed by atoms with Crippen molar-refractivity contribution in [3.8, 4) is 17.2 Å². The molecule has 2 aliphatic heterocycles. The number of rotatable bonds is 8. The zero-order valence-electron chi connectivity index (χ0n) is 29.0. The van der Waals surface area contributed by atoms with E-state index in [4.69, 9.17) is 18.9 Å². The minimum absolute atomic E-state index is 0.0454. The van der Waals surface area contributed by atoms with Crippen LogP contribution in [0.2, 0.25) is 0 Å². The maximum atomic E-state index is 14.4. The molecule has 2 heterocycles. The van der Waals surface area contributed by atoms with Crippen LogP contribution in [0.4, 0.5) is 10.5 Å². The normalized spacial score (nSPS) is 23.2. The molecule has 3 aliphatic rings. The van der Waals surface area contributed by atoms with E-state index in [1.54, 1.807) is 23.1 Å². The highest BCUT2D eigenvalue weighted by Gasteiger charge is 2.31. The number of urea groups is 1. The molecule has 48 heavy (non-hydrogen) atoms. The van der Waals surface area contributed by atoms with Gasteiger partial charge in [-0.15, -0.1) is 0 Å². The molecule has 264 valence electrons. The number of hydrogen-bond acceptors (Lipinski definition) is 8. The standard InChI is InChI=1S/C37H54N4O7/c1-25-20-41(26(2)23-42)36(43)31-19-30(39-37(44)38-29-11-6-5-7-12-29)14-16-32(31)48-27(3)10-8-9-17-45-35(25)22-40(4)21-28-13-15-33-34(18-28)47-24-46-33/h13-16,18-19,25-27,29,35,42H,5-12,17,20-24H2,1-4H3,(H2,38,39,44)/t25-,26+,27+,35-/m1/s1. The second kappa shape index (κ2) is 17.2. The molecule has 1 fully saturated rings. The third-order valence-corrected chi connectivity index (χ3v) is 9.63. The molecular formula is C37H54N4O7. The summed E-state index contributed by atoms with van der Waals surface area (Å²) in [6.45, 7) is 8.34. The maximum Gasteiger partial charge on any atom is 0.319 e. The van der Waals surface area contributed by atoms with Crippen molar-refractivity contribution < 1.29 is 33.6 Å². The molecule has 5 rings (SSSR count). The van der Waals surface area contributed by atoms with Crippen LogP contribution in [0.3, 0.4) is 0 Å². The van der Waals surface area contributed by atoms with Crippen LogP contribution in [0.15, 0.2) is 36.4 Å². The van der Waals surface area contributed by atoms with Gasteiger partial charge in [-0.2, -0.15) is 0 Å². The molecule has 0 radical (unpaired) electrons. The SMILES string of the molecule is C[C@@H]1CN([C@@H](C)CO)C(=O)c2cc(NC(=O)NC3CCCCC3)ccc2O[C@@H](C)CCCCO[C@@H]1CN(C)Cc1ccc2c(c1)OCO2. The van der Waals surface area contributed by atoms with Gasteiger partial charge in [0.2, 0.25) is 6.79 Å². The van der Waals surface area contributed by atoms with E-state index >= 15 is 0 Å². The molecule has 11 heteroatoms. The van der Waals surface area contributed by atoms with Gasteiger partial charge in [0.15, 0.2) is 11.5 Å². The van der Waals surface area contributed by atoms with Crippen LogP contribution in [-0.4, -0.2) is 91.3 Å². The lowest BCUT2D eigenvalue weighted by atomic mass is 9.96. The summed E-state index contributed by atoms with van der Waals surface area (Å²) in [6, 6.07) is 10.7. The molecule has 0 spiro atoms. The first-order valence-electron chi connectivity index (χ1n) is 17.7. The lowest BCUT2D eigenvalue weighted by Gasteiger charge is -2.36. The zero-order valence-corrected chi connectivity index (χ0v) is 29.0. The average molecular weight is 667 g/mol. The number of anilines is 1. The van der Waals surface area contributed by atoms with Gasteiger partial charge >= 0.3 is 6.03 Å². The number of aliphatic hydroxyl groups is 1. The molecule has 2 aromatic rings. The number of fused-ring (bicyclic) bond motifs is 2. The Morgan fingerprint density at radius 3 is 2.54 bits per heavy atom. The van der Waals surface area contributed by atoms with Gasteiger partial charge in [-0.05, 0) is 88.9 Å². The van der Waals surface area contributed by atoms with Crippen LogP contribution in [-0.2, 0) is 11.3 Å². The van der Waals surface area contributed by atoms with E-state index in [9.17, 15) is 14.7 Å². The Labute approximate surface area is 285 Å². The Morgan fingerprint density at radius 2 is 1.75 bits per heavy atom. The maximum absolute atomic E-state index is 14.4. The number of aliphatic hydroxyl groups excluding tert-OH is 1.